The second kappa shape index (κ2) is 21.9. The molecule has 52 heavy (non-hydrogen) atoms. The second-order valence-corrected chi connectivity index (χ2v) is 11.5. The van der Waals surface area contributed by atoms with Gasteiger partial charge in [-0.05, 0) is 16.7 Å². The van der Waals surface area contributed by atoms with Crippen molar-refractivity contribution < 1.29 is 43.0 Å². The number of benzene rings is 3. The third-order valence-electron chi connectivity index (χ3n) is 7.84. The van der Waals surface area contributed by atoms with E-state index in [9.17, 15) is 28.8 Å². The van der Waals surface area contributed by atoms with E-state index < -0.39 is 54.1 Å². The maximum Gasteiger partial charge on any atom is 0.328 e. The molecule has 0 unspecified atom stereocenters. The average molecular weight is 719 g/mol. The van der Waals surface area contributed by atoms with E-state index in [1.807, 2.05) is 78.9 Å². The van der Waals surface area contributed by atoms with Gasteiger partial charge in [-0.3, -0.25) is 0 Å². The first-order valence-corrected chi connectivity index (χ1v) is 16.6. The molecule has 0 aliphatic carbocycles. The van der Waals surface area contributed by atoms with Crippen molar-refractivity contribution in [2.24, 2.45) is 0 Å². The highest BCUT2D eigenvalue weighted by Crippen LogP contribution is 2.08. The number of hydrogen-bond donors (Lipinski definition) is 5. The van der Waals surface area contributed by atoms with Gasteiger partial charge in [0, 0.05) is 45.4 Å². The number of carbonyl (C=O) groups excluding carboxylic acids is 6. The molecule has 6 amide bonds. The van der Waals surface area contributed by atoms with Gasteiger partial charge >= 0.3 is 36.0 Å². The Bertz CT molecular complexity index is 1510. The van der Waals surface area contributed by atoms with Crippen LogP contribution < -0.4 is 26.6 Å². The van der Waals surface area contributed by atoms with Crippen molar-refractivity contribution in [1.82, 2.24) is 31.5 Å². The summed E-state index contributed by atoms with van der Waals surface area (Å²) < 4.78 is 14.6. The van der Waals surface area contributed by atoms with Crippen LogP contribution in [0.25, 0.3) is 0 Å². The highest BCUT2D eigenvalue weighted by molar-refractivity contribution is 5.85. The van der Waals surface area contributed by atoms with Crippen LogP contribution in [-0.4, -0.2) is 107 Å². The number of esters is 3. The van der Waals surface area contributed by atoms with Crippen molar-refractivity contribution in [3.63, 3.8) is 0 Å². The fourth-order valence-electron chi connectivity index (χ4n) is 5.14. The molecule has 3 aromatic carbocycles. The first-order valence-electron chi connectivity index (χ1n) is 16.6. The number of methoxy groups -OCH3 is 3. The van der Waals surface area contributed by atoms with Gasteiger partial charge in [-0.15, -0.1) is 0 Å². The van der Waals surface area contributed by atoms with Crippen LogP contribution in [0.3, 0.4) is 0 Å². The first kappa shape index (κ1) is 40.3. The highest BCUT2D eigenvalue weighted by atomic mass is 16.5. The summed E-state index contributed by atoms with van der Waals surface area (Å²) in [6.45, 7) is -0.230. The van der Waals surface area contributed by atoms with E-state index in [4.69, 9.17) is 14.2 Å². The third kappa shape index (κ3) is 14.0. The molecule has 0 radical (unpaired) electrons. The Morgan fingerprint density at radius 1 is 0.500 bits per heavy atom. The zero-order valence-corrected chi connectivity index (χ0v) is 29.5. The van der Waals surface area contributed by atoms with Crippen LogP contribution in [0.5, 0.6) is 0 Å². The summed E-state index contributed by atoms with van der Waals surface area (Å²) in [5.74, 6) is -1.92. The van der Waals surface area contributed by atoms with Crippen LogP contribution in [-0.2, 0) is 47.9 Å². The minimum Gasteiger partial charge on any atom is -0.467 e. The molecule has 3 aromatic rings. The number of nitrogens with zero attached hydrogens (tertiary/aromatic N) is 1. The van der Waals surface area contributed by atoms with Crippen molar-refractivity contribution >= 4 is 36.0 Å². The summed E-state index contributed by atoms with van der Waals surface area (Å²) in [5.41, 5.74) is 2.41. The van der Waals surface area contributed by atoms with E-state index in [2.05, 4.69) is 26.6 Å². The summed E-state index contributed by atoms with van der Waals surface area (Å²) in [6.07, 6.45) is 0.546. The van der Waals surface area contributed by atoms with Gasteiger partial charge in [0.05, 0.1) is 21.3 Å². The monoisotopic (exact) mass is 718 g/mol. The Balaban J connectivity index is 1.66. The zero-order valence-electron chi connectivity index (χ0n) is 29.5. The van der Waals surface area contributed by atoms with Crippen LogP contribution in [0.4, 0.5) is 14.4 Å². The van der Waals surface area contributed by atoms with Crippen molar-refractivity contribution in [3.05, 3.63) is 108 Å². The summed E-state index contributed by atoms with van der Waals surface area (Å²) >= 11 is 0. The van der Waals surface area contributed by atoms with Gasteiger partial charge in [0.2, 0.25) is 0 Å². The lowest BCUT2D eigenvalue weighted by molar-refractivity contribution is -0.143. The summed E-state index contributed by atoms with van der Waals surface area (Å²) in [6, 6.07) is 22.3. The topological polar surface area (TPSA) is 193 Å². The second-order valence-electron chi connectivity index (χ2n) is 11.5. The molecule has 0 aromatic heterocycles. The van der Waals surface area contributed by atoms with E-state index in [1.54, 1.807) is 12.1 Å². The van der Waals surface area contributed by atoms with Crippen molar-refractivity contribution in [2.45, 2.75) is 37.4 Å². The Kier molecular flexibility index (Phi) is 16.9. The van der Waals surface area contributed by atoms with Crippen LogP contribution in [0.1, 0.15) is 16.7 Å². The molecule has 15 nitrogen and oxygen atoms in total. The van der Waals surface area contributed by atoms with Crippen LogP contribution in [0.15, 0.2) is 91.0 Å². The molecule has 0 saturated carbocycles. The lowest BCUT2D eigenvalue weighted by atomic mass is 10.1. The van der Waals surface area contributed by atoms with Crippen molar-refractivity contribution in [3.8, 4) is 0 Å². The van der Waals surface area contributed by atoms with Crippen LogP contribution in [0.2, 0.25) is 0 Å². The number of amides is 6. The molecular formula is C37H46N6O9. The maximum atomic E-state index is 13.6. The number of ether oxygens (including phenoxy) is 3. The van der Waals surface area contributed by atoms with Gasteiger partial charge in [-0.2, -0.15) is 0 Å². The molecular weight excluding hydrogens is 672 g/mol. The fourth-order valence-corrected chi connectivity index (χ4v) is 5.14. The number of nitrogens with one attached hydrogen (secondary N) is 5. The number of hydrogen-bond acceptors (Lipinski definition) is 9. The molecule has 3 atom stereocenters. The van der Waals surface area contributed by atoms with Gasteiger partial charge < -0.3 is 45.7 Å². The quantitative estimate of drug-likeness (QED) is 0.0966. The zero-order chi connectivity index (χ0) is 37.7. The fraction of sp³-hybridized carbons (Fsp3) is 0.351. The normalized spacial score (nSPS) is 12.1. The van der Waals surface area contributed by atoms with Crippen LogP contribution in [0, 0.1) is 0 Å². The Morgan fingerprint density at radius 2 is 0.808 bits per heavy atom. The molecule has 5 N–H and O–H groups in total. The molecule has 0 heterocycles. The molecule has 0 bridgehead atoms. The highest BCUT2D eigenvalue weighted by Gasteiger charge is 2.26. The molecule has 15 heteroatoms. The van der Waals surface area contributed by atoms with E-state index in [0.717, 1.165) is 16.7 Å². The predicted octanol–water partition coefficient (Wildman–Crippen LogP) is 1.95. The molecule has 0 saturated heterocycles. The van der Waals surface area contributed by atoms with Gasteiger partial charge in [0.1, 0.15) is 18.1 Å². The molecule has 0 fully saturated rings. The number of urea groups is 3. The lowest BCUT2D eigenvalue weighted by Gasteiger charge is -2.26. The van der Waals surface area contributed by atoms with Crippen LogP contribution >= 0.6 is 0 Å². The van der Waals surface area contributed by atoms with Gasteiger partial charge in [0.15, 0.2) is 0 Å². The molecule has 278 valence electrons. The SMILES string of the molecule is COC(=O)[C@H](Cc1ccccc1)NC(=O)NCCN(CCNC(=O)N[C@@H](Cc1ccccc1)C(=O)OC)C(=O)N[C@@H](Cc1ccccc1)C(=O)OC. The minimum absolute atomic E-state index is 0.0534. The number of rotatable bonds is 18. The molecule has 0 spiro atoms. The summed E-state index contributed by atoms with van der Waals surface area (Å²) in [5, 5.41) is 13.2. The van der Waals surface area contributed by atoms with E-state index in [1.165, 1.54) is 26.2 Å². The van der Waals surface area contributed by atoms with Gasteiger partial charge in [0.25, 0.3) is 0 Å². The smallest absolute Gasteiger partial charge is 0.328 e. The standard InChI is InChI=1S/C37H46N6O9/c1-50-32(44)29(23-26-13-7-4-8-14-26)40-35(47)38-19-21-43(37(49)42-31(34(46)52-3)25-28-17-11-6-12-18-28)22-20-39-36(48)41-30(33(45)51-2)24-27-15-9-5-10-16-27/h4-18,29-31H,19-25H2,1-3H3,(H,42,49)(H2,38,40,47)(H2,39,41,48)/t29-,30-,31-/m0/s1. The molecule has 0 aliphatic heterocycles. The Morgan fingerprint density at radius 3 is 1.12 bits per heavy atom. The van der Waals surface area contributed by atoms with E-state index >= 15 is 0 Å². The molecule has 3 rings (SSSR count). The van der Waals surface area contributed by atoms with Crippen molar-refractivity contribution in [2.75, 3.05) is 47.5 Å². The minimum atomic E-state index is -1.03. The summed E-state index contributed by atoms with van der Waals surface area (Å²) in [4.78, 5) is 77.9. The largest absolute Gasteiger partial charge is 0.467 e. The average Bonchev–Trinajstić information content (AvgIpc) is 3.16. The van der Waals surface area contributed by atoms with E-state index in [-0.39, 0.29) is 45.4 Å². The van der Waals surface area contributed by atoms with E-state index in [0.29, 0.717) is 0 Å². The van der Waals surface area contributed by atoms with Gasteiger partial charge in [-0.1, -0.05) is 91.0 Å². The molecule has 0 aliphatic rings. The lowest BCUT2D eigenvalue weighted by Crippen LogP contribution is -2.54. The third-order valence-corrected chi connectivity index (χ3v) is 7.84. The first-order chi connectivity index (χ1) is 25.1. The Labute approximate surface area is 302 Å². The predicted molar refractivity (Wildman–Crippen MR) is 191 cm³/mol. The van der Waals surface area contributed by atoms with Crippen molar-refractivity contribution in [1.29, 1.82) is 0 Å². The summed E-state index contributed by atoms with van der Waals surface area (Å²) in [7, 11) is 3.67. The number of carbonyl (C=O) groups is 6. The van der Waals surface area contributed by atoms with Gasteiger partial charge in [-0.25, -0.2) is 28.8 Å². The Hall–Kier alpha value is -6.12. The maximum absolute atomic E-state index is 13.6.